The summed E-state index contributed by atoms with van der Waals surface area (Å²) in [4.78, 5) is 35.5. The second kappa shape index (κ2) is 6.37. The molecule has 144 valence electrons. The van der Waals surface area contributed by atoms with Gasteiger partial charge in [-0.25, -0.2) is 4.79 Å². The summed E-state index contributed by atoms with van der Waals surface area (Å²) in [7, 11) is 0. The molecule has 3 fully saturated rings. The Balaban J connectivity index is 2.15. The molecule has 2 aliphatic carbocycles. The molecule has 0 aromatic carbocycles. The van der Waals surface area contributed by atoms with Crippen LogP contribution in [0.25, 0.3) is 0 Å². The Morgan fingerprint density at radius 1 is 1.27 bits per heavy atom. The highest BCUT2D eigenvalue weighted by Crippen LogP contribution is 2.61. The maximum absolute atomic E-state index is 12.2. The average molecular weight is 366 g/mol. The number of esters is 3. The highest BCUT2D eigenvalue weighted by molar-refractivity contribution is 5.91. The van der Waals surface area contributed by atoms with Crippen LogP contribution in [0.3, 0.4) is 0 Å². The Bertz CT molecular complexity index is 656. The van der Waals surface area contributed by atoms with Gasteiger partial charge >= 0.3 is 17.9 Å². The van der Waals surface area contributed by atoms with Crippen molar-refractivity contribution in [2.24, 2.45) is 17.3 Å². The molecule has 0 amide bonds. The molecular formula is C19H26O7. The van der Waals surface area contributed by atoms with Crippen molar-refractivity contribution < 1.29 is 33.7 Å². The largest absolute Gasteiger partial charge is 0.465 e. The van der Waals surface area contributed by atoms with Gasteiger partial charge < -0.3 is 19.3 Å². The molecule has 0 spiro atoms. The van der Waals surface area contributed by atoms with Crippen molar-refractivity contribution in [1.29, 1.82) is 0 Å². The number of hydrogen-bond acceptors (Lipinski definition) is 7. The van der Waals surface area contributed by atoms with Crippen LogP contribution in [0.1, 0.15) is 46.5 Å². The fourth-order valence-corrected chi connectivity index (χ4v) is 5.21. The van der Waals surface area contributed by atoms with Gasteiger partial charge in [-0.3, -0.25) is 9.59 Å². The lowest BCUT2D eigenvalue weighted by Gasteiger charge is -2.48. The molecule has 0 aromatic rings. The first kappa shape index (κ1) is 18.9. The van der Waals surface area contributed by atoms with Crippen molar-refractivity contribution in [3.63, 3.8) is 0 Å². The average Bonchev–Trinajstić information content (AvgIpc) is 2.96. The highest BCUT2D eigenvalue weighted by Gasteiger charge is 2.72. The van der Waals surface area contributed by atoms with Crippen LogP contribution in [0.2, 0.25) is 0 Å². The predicted octanol–water partition coefficient (Wildman–Crippen LogP) is 1.52. The monoisotopic (exact) mass is 366 g/mol. The molecule has 1 saturated heterocycles. The van der Waals surface area contributed by atoms with Crippen LogP contribution in [0.5, 0.6) is 0 Å². The summed E-state index contributed by atoms with van der Waals surface area (Å²) in [6.45, 7) is 8.20. The zero-order valence-electron chi connectivity index (χ0n) is 15.4. The summed E-state index contributed by atoms with van der Waals surface area (Å²) in [5.41, 5.74) is -2.13. The van der Waals surface area contributed by atoms with Crippen molar-refractivity contribution in [2.45, 2.75) is 64.3 Å². The fourth-order valence-electron chi connectivity index (χ4n) is 5.21. The summed E-state index contributed by atoms with van der Waals surface area (Å²) < 4.78 is 16.5. The molecule has 6 atom stereocenters. The van der Waals surface area contributed by atoms with Crippen LogP contribution in [-0.2, 0) is 28.6 Å². The first-order valence-corrected chi connectivity index (χ1v) is 9.06. The lowest BCUT2D eigenvalue weighted by atomic mass is 9.63. The Kier molecular flexibility index (Phi) is 4.63. The van der Waals surface area contributed by atoms with E-state index in [0.717, 1.165) is 0 Å². The van der Waals surface area contributed by atoms with E-state index in [2.05, 4.69) is 6.58 Å². The number of hydrogen-bond donors (Lipinski definition) is 1. The van der Waals surface area contributed by atoms with Gasteiger partial charge in [-0.05, 0) is 31.6 Å². The third kappa shape index (κ3) is 2.55. The van der Waals surface area contributed by atoms with Crippen LogP contribution >= 0.6 is 0 Å². The topological polar surface area (TPSA) is 99.1 Å². The first-order chi connectivity index (χ1) is 12.1. The van der Waals surface area contributed by atoms with Gasteiger partial charge in [0.1, 0.15) is 24.2 Å². The van der Waals surface area contributed by atoms with Gasteiger partial charge in [0.15, 0.2) is 0 Å². The lowest BCUT2D eigenvalue weighted by Crippen LogP contribution is -2.62. The van der Waals surface area contributed by atoms with E-state index in [1.807, 2.05) is 6.92 Å². The minimum atomic E-state index is -1.28. The highest BCUT2D eigenvalue weighted by atomic mass is 16.6. The molecule has 6 unspecified atom stereocenters. The molecule has 2 saturated carbocycles. The van der Waals surface area contributed by atoms with Gasteiger partial charge in [0, 0.05) is 25.3 Å². The molecule has 1 N–H and O–H groups in total. The van der Waals surface area contributed by atoms with Gasteiger partial charge in [-0.15, -0.1) is 0 Å². The number of carbonyl (C=O) groups is 3. The van der Waals surface area contributed by atoms with E-state index in [0.29, 0.717) is 31.3 Å². The SMILES string of the molecule is C=C1C(=O)OC2C1CCC(C)C1(O)CCC(OC(C)=O)C21COC(C)=O. The summed E-state index contributed by atoms with van der Waals surface area (Å²) >= 11 is 0. The van der Waals surface area contributed by atoms with Gasteiger partial charge in [0.2, 0.25) is 0 Å². The zero-order valence-corrected chi connectivity index (χ0v) is 15.4. The van der Waals surface area contributed by atoms with Crippen molar-refractivity contribution in [1.82, 2.24) is 0 Å². The van der Waals surface area contributed by atoms with E-state index in [1.165, 1.54) is 13.8 Å². The summed E-state index contributed by atoms with van der Waals surface area (Å²) in [6, 6.07) is 0. The van der Waals surface area contributed by atoms with Gasteiger partial charge in [-0.1, -0.05) is 13.5 Å². The molecular weight excluding hydrogens is 340 g/mol. The molecule has 0 bridgehead atoms. The third-order valence-corrected chi connectivity index (χ3v) is 6.53. The standard InChI is InChI=1S/C19H26O7/c1-10-5-6-14-11(2)17(22)26-16(14)18(9-24-12(3)20)15(25-13(4)21)7-8-19(10,18)23/h10,14-16,23H,2,5-9H2,1,3-4H3. The van der Waals surface area contributed by atoms with E-state index in [1.54, 1.807) is 0 Å². The number of carbonyl (C=O) groups excluding carboxylic acids is 3. The fraction of sp³-hybridized carbons (Fsp3) is 0.737. The van der Waals surface area contributed by atoms with Crippen LogP contribution in [-0.4, -0.2) is 47.4 Å². The van der Waals surface area contributed by atoms with Crippen LogP contribution in [0.4, 0.5) is 0 Å². The Labute approximate surface area is 152 Å². The van der Waals surface area contributed by atoms with Gasteiger partial charge in [-0.2, -0.15) is 0 Å². The zero-order chi connectivity index (χ0) is 19.3. The molecule has 26 heavy (non-hydrogen) atoms. The third-order valence-electron chi connectivity index (χ3n) is 6.53. The molecule has 0 radical (unpaired) electrons. The minimum Gasteiger partial charge on any atom is -0.465 e. The van der Waals surface area contributed by atoms with E-state index in [9.17, 15) is 19.5 Å². The minimum absolute atomic E-state index is 0.143. The molecule has 7 heteroatoms. The van der Waals surface area contributed by atoms with E-state index >= 15 is 0 Å². The number of fused-ring (bicyclic) bond motifs is 3. The quantitative estimate of drug-likeness (QED) is 0.459. The summed E-state index contributed by atoms with van der Waals surface area (Å²) in [5.74, 6) is -1.95. The molecule has 1 heterocycles. The van der Waals surface area contributed by atoms with Gasteiger partial charge in [0.05, 0.1) is 5.60 Å². The first-order valence-electron chi connectivity index (χ1n) is 9.06. The Morgan fingerprint density at radius 3 is 2.58 bits per heavy atom. The second-order valence-corrected chi connectivity index (χ2v) is 7.82. The van der Waals surface area contributed by atoms with Crippen molar-refractivity contribution >= 4 is 17.9 Å². The number of ether oxygens (including phenoxy) is 3. The smallest absolute Gasteiger partial charge is 0.334 e. The van der Waals surface area contributed by atoms with Gasteiger partial charge in [0.25, 0.3) is 0 Å². The van der Waals surface area contributed by atoms with Crippen molar-refractivity contribution in [3.05, 3.63) is 12.2 Å². The predicted molar refractivity (Wildman–Crippen MR) is 89.7 cm³/mol. The number of aliphatic hydroxyl groups is 1. The van der Waals surface area contributed by atoms with Crippen LogP contribution in [0, 0.1) is 17.3 Å². The van der Waals surface area contributed by atoms with E-state index in [4.69, 9.17) is 14.2 Å². The molecule has 3 aliphatic rings. The summed E-state index contributed by atoms with van der Waals surface area (Å²) in [6.07, 6.45) is 0.630. The molecule has 1 aliphatic heterocycles. The Morgan fingerprint density at radius 2 is 1.96 bits per heavy atom. The van der Waals surface area contributed by atoms with Crippen LogP contribution in [0.15, 0.2) is 12.2 Å². The van der Waals surface area contributed by atoms with Crippen LogP contribution < -0.4 is 0 Å². The number of rotatable bonds is 3. The molecule has 7 nitrogen and oxygen atoms in total. The maximum atomic E-state index is 12.2. The van der Waals surface area contributed by atoms with E-state index < -0.39 is 41.1 Å². The van der Waals surface area contributed by atoms with Crippen molar-refractivity contribution in [2.75, 3.05) is 6.61 Å². The van der Waals surface area contributed by atoms with E-state index in [-0.39, 0.29) is 18.4 Å². The molecule has 3 rings (SSSR count). The lowest BCUT2D eigenvalue weighted by molar-refractivity contribution is -0.217. The Hall–Kier alpha value is -1.89. The molecule has 0 aromatic heterocycles. The maximum Gasteiger partial charge on any atom is 0.334 e. The summed E-state index contributed by atoms with van der Waals surface area (Å²) in [5, 5.41) is 11.7. The van der Waals surface area contributed by atoms with Crippen molar-refractivity contribution in [3.8, 4) is 0 Å². The second-order valence-electron chi connectivity index (χ2n) is 7.82. The normalized spacial score (nSPS) is 41.7.